The Labute approximate surface area is 159 Å². The van der Waals surface area contributed by atoms with E-state index in [2.05, 4.69) is 15.9 Å². The Balaban J connectivity index is 1.84. The summed E-state index contributed by atoms with van der Waals surface area (Å²) in [6.45, 7) is 0. The Morgan fingerprint density at radius 1 is 1.12 bits per heavy atom. The molecular formula is C19H16BrN3OS. The third-order valence-electron chi connectivity index (χ3n) is 4.26. The number of benzene rings is 2. The van der Waals surface area contributed by atoms with Crippen LogP contribution in [0.15, 0.2) is 65.3 Å². The molecule has 2 heterocycles. The van der Waals surface area contributed by atoms with Gasteiger partial charge in [-0.05, 0) is 24.3 Å². The normalized spacial score (nSPS) is 17.3. The Bertz CT molecular complexity index is 908. The predicted molar refractivity (Wildman–Crippen MR) is 105 cm³/mol. The number of aromatic nitrogens is 2. The van der Waals surface area contributed by atoms with Crippen molar-refractivity contribution in [3.8, 4) is 16.9 Å². The van der Waals surface area contributed by atoms with Crippen molar-refractivity contribution in [3.63, 3.8) is 0 Å². The van der Waals surface area contributed by atoms with Crippen LogP contribution in [0.5, 0.6) is 0 Å². The smallest absolute Gasteiger partial charge is 0.233 e. The lowest BCUT2D eigenvalue weighted by molar-refractivity contribution is -0.126. The predicted octanol–water partition coefficient (Wildman–Crippen LogP) is 4.51. The maximum atomic E-state index is 12.0. The molecule has 0 unspecified atom stereocenters. The van der Waals surface area contributed by atoms with E-state index in [1.165, 1.54) is 0 Å². The zero-order chi connectivity index (χ0) is 17.4. The molecule has 1 aliphatic rings. The van der Waals surface area contributed by atoms with Crippen LogP contribution in [-0.2, 0) is 4.79 Å². The quantitative estimate of drug-likeness (QED) is 0.633. The molecule has 6 heteroatoms. The highest BCUT2D eigenvalue weighted by molar-refractivity contribution is 9.10. The number of carbonyl (C=O) groups is 1. The lowest BCUT2D eigenvalue weighted by Crippen LogP contribution is -2.23. The number of amides is 1. The van der Waals surface area contributed by atoms with E-state index >= 15 is 0 Å². The number of rotatable bonds is 3. The van der Waals surface area contributed by atoms with E-state index in [9.17, 15) is 4.79 Å². The summed E-state index contributed by atoms with van der Waals surface area (Å²) in [5.41, 5.74) is 4.02. The van der Waals surface area contributed by atoms with Crippen LogP contribution >= 0.6 is 27.7 Å². The second kappa shape index (κ2) is 6.69. The number of nitrogens with zero attached hydrogens (tertiary/aromatic N) is 3. The first kappa shape index (κ1) is 16.4. The number of hydrogen-bond donors (Lipinski definition) is 0. The van der Waals surface area contributed by atoms with E-state index in [-0.39, 0.29) is 11.3 Å². The third kappa shape index (κ3) is 3.12. The van der Waals surface area contributed by atoms with Gasteiger partial charge in [-0.1, -0.05) is 46.3 Å². The zero-order valence-electron chi connectivity index (χ0n) is 13.6. The van der Waals surface area contributed by atoms with Crippen molar-refractivity contribution in [2.24, 2.45) is 0 Å². The first-order valence-electron chi connectivity index (χ1n) is 7.91. The summed E-state index contributed by atoms with van der Waals surface area (Å²) in [4.78, 5) is 13.8. The molecule has 1 atom stereocenters. The average molecular weight is 414 g/mol. The highest BCUT2D eigenvalue weighted by atomic mass is 79.9. The number of halogens is 1. The largest absolute Gasteiger partial charge is 0.329 e. The van der Waals surface area contributed by atoms with Crippen molar-refractivity contribution < 1.29 is 4.79 Å². The standard InChI is InChI=1S/C19H16BrN3OS/c1-22-17(24)12-25-19(22)16-11-23(15-5-3-2-4-6-15)21-18(16)13-7-9-14(20)10-8-13/h2-11,19H,12H2,1H3/t19-/m1/s1. The minimum absolute atomic E-state index is 0.0105. The molecule has 25 heavy (non-hydrogen) atoms. The van der Waals surface area contributed by atoms with E-state index in [0.29, 0.717) is 5.75 Å². The number of para-hydroxylation sites is 1. The molecule has 0 bridgehead atoms. The van der Waals surface area contributed by atoms with E-state index in [4.69, 9.17) is 5.10 Å². The van der Waals surface area contributed by atoms with Crippen molar-refractivity contribution in [2.75, 3.05) is 12.8 Å². The second-order valence-electron chi connectivity index (χ2n) is 5.89. The molecule has 4 rings (SSSR count). The molecule has 1 saturated heterocycles. The summed E-state index contributed by atoms with van der Waals surface area (Å²) in [6, 6.07) is 18.2. The topological polar surface area (TPSA) is 38.1 Å². The Morgan fingerprint density at radius 2 is 1.84 bits per heavy atom. The van der Waals surface area contributed by atoms with Crippen molar-refractivity contribution >= 4 is 33.6 Å². The first-order valence-corrected chi connectivity index (χ1v) is 9.76. The van der Waals surface area contributed by atoms with Crippen LogP contribution in [0, 0.1) is 0 Å². The number of thioether (sulfide) groups is 1. The molecule has 2 aromatic carbocycles. The second-order valence-corrected chi connectivity index (χ2v) is 7.87. The summed E-state index contributed by atoms with van der Waals surface area (Å²) in [5.74, 6) is 0.668. The SMILES string of the molecule is CN1C(=O)CS[C@@H]1c1cn(-c2ccccc2)nc1-c1ccc(Br)cc1. The van der Waals surface area contributed by atoms with Gasteiger partial charge < -0.3 is 4.90 Å². The average Bonchev–Trinajstić information content (AvgIpc) is 3.21. The maximum Gasteiger partial charge on any atom is 0.233 e. The van der Waals surface area contributed by atoms with Crippen molar-refractivity contribution in [2.45, 2.75) is 5.37 Å². The summed E-state index contributed by atoms with van der Waals surface area (Å²) >= 11 is 5.13. The summed E-state index contributed by atoms with van der Waals surface area (Å²) in [5, 5.41) is 4.82. The Kier molecular flexibility index (Phi) is 4.39. The molecule has 1 aliphatic heterocycles. The Hall–Kier alpha value is -2.05. The minimum atomic E-state index is -0.0105. The molecule has 1 amide bonds. The highest BCUT2D eigenvalue weighted by Crippen LogP contribution is 2.41. The van der Waals surface area contributed by atoms with Crippen LogP contribution in [0.1, 0.15) is 10.9 Å². The van der Waals surface area contributed by atoms with E-state index in [1.807, 2.05) is 72.5 Å². The van der Waals surface area contributed by atoms with E-state index in [1.54, 1.807) is 16.7 Å². The van der Waals surface area contributed by atoms with Crippen molar-refractivity contribution in [3.05, 3.63) is 70.8 Å². The van der Waals surface area contributed by atoms with Crippen molar-refractivity contribution in [1.82, 2.24) is 14.7 Å². The van der Waals surface area contributed by atoms with Gasteiger partial charge in [-0.15, -0.1) is 11.8 Å². The van der Waals surface area contributed by atoms with Crippen LogP contribution in [0.2, 0.25) is 0 Å². The molecule has 126 valence electrons. The molecule has 0 radical (unpaired) electrons. The van der Waals surface area contributed by atoms with Crippen molar-refractivity contribution in [1.29, 1.82) is 0 Å². The van der Waals surface area contributed by atoms with Gasteiger partial charge >= 0.3 is 0 Å². The van der Waals surface area contributed by atoms with Crippen LogP contribution in [0.4, 0.5) is 0 Å². The summed E-state index contributed by atoms with van der Waals surface area (Å²) < 4.78 is 2.92. The number of carbonyl (C=O) groups excluding carboxylic acids is 1. The van der Waals surface area contributed by atoms with Gasteiger partial charge in [0.05, 0.1) is 17.1 Å². The molecule has 0 spiro atoms. The molecule has 1 fully saturated rings. The van der Waals surface area contributed by atoms with Crippen LogP contribution < -0.4 is 0 Å². The number of hydrogen-bond acceptors (Lipinski definition) is 3. The molecule has 3 aromatic rings. The molecule has 0 N–H and O–H groups in total. The van der Waals surface area contributed by atoms with E-state index in [0.717, 1.165) is 27.0 Å². The fourth-order valence-corrected chi connectivity index (χ4v) is 4.37. The fourth-order valence-electron chi connectivity index (χ4n) is 2.91. The van der Waals surface area contributed by atoms with Crippen LogP contribution in [-0.4, -0.2) is 33.4 Å². The minimum Gasteiger partial charge on any atom is -0.329 e. The fraction of sp³-hybridized carbons (Fsp3) is 0.158. The molecule has 1 aromatic heterocycles. The summed E-state index contributed by atoms with van der Waals surface area (Å²) in [7, 11) is 1.86. The van der Waals surface area contributed by atoms with Gasteiger partial charge in [-0.25, -0.2) is 4.68 Å². The Morgan fingerprint density at radius 3 is 2.48 bits per heavy atom. The molecule has 0 aliphatic carbocycles. The summed E-state index contributed by atoms with van der Waals surface area (Å²) in [6.07, 6.45) is 2.04. The van der Waals surface area contributed by atoms with E-state index < -0.39 is 0 Å². The van der Waals surface area contributed by atoms with Crippen LogP contribution in [0.25, 0.3) is 16.9 Å². The van der Waals surface area contributed by atoms with Gasteiger partial charge in [0.25, 0.3) is 0 Å². The lowest BCUT2D eigenvalue weighted by Gasteiger charge is -2.18. The lowest BCUT2D eigenvalue weighted by atomic mass is 10.1. The first-order chi connectivity index (χ1) is 12.1. The molecule has 4 nitrogen and oxygen atoms in total. The monoisotopic (exact) mass is 413 g/mol. The third-order valence-corrected chi connectivity index (χ3v) is 6.09. The molecular weight excluding hydrogens is 398 g/mol. The van der Waals surface area contributed by atoms with Gasteiger partial charge in [0, 0.05) is 28.8 Å². The van der Waals surface area contributed by atoms with Crippen LogP contribution in [0.3, 0.4) is 0 Å². The van der Waals surface area contributed by atoms with Gasteiger partial charge in [0.1, 0.15) is 5.37 Å². The van der Waals surface area contributed by atoms with Gasteiger partial charge in [-0.2, -0.15) is 5.10 Å². The molecule has 0 saturated carbocycles. The maximum absolute atomic E-state index is 12.0. The van der Waals surface area contributed by atoms with Gasteiger partial charge in [0.2, 0.25) is 5.91 Å². The zero-order valence-corrected chi connectivity index (χ0v) is 16.0. The highest BCUT2D eigenvalue weighted by Gasteiger charge is 2.33. The van der Waals surface area contributed by atoms with Gasteiger partial charge in [-0.3, -0.25) is 4.79 Å². The van der Waals surface area contributed by atoms with Gasteiger partial charge in [0.15, 0.2) is 0 Å².